The molecule has 0 aliphatic carbocycles. The van der Waals surface area contributed by atoms with Crippen LogP contribution in [0, 0.1) is 47.3 Å². The van der Waals surface area contributed by atoms with Crippen LogP contribution in [0.25, 0.3) is 65.1 Å². The van der Waals surface area contributed by atoms with Crippen LogP contribution in [0.15, 0.2) is 211 Å². The molecule has 0 unspecified atom stereocenters. The summed E-state index contributed by atoms with van der Waals surface area (Å²) in [5.41, 5.74) is 8.88. The van der Waals surface area contributed by atoms with Crippen molar-refractivity contribution in [3.8, 4) is 0 Å². The first-order valence-electron chi connectivity index (χ1n) is 35.9. The van der Waals surface area contributed by atoms with Gasteiger partial charge >= 0.3 is 0 Å². The molecular weight excluding hydrogens is 1270 g/mol. The van der Waals surface area contributed by atoms with Crippen molar-refractivity contribution >= 4 is 99.1 Å². The van der Waals surface area contributed by atoms with E-state index in [1.54, 1.807) is 17.6 Å². The molecule has 1 aliphatic heterocycles. The summed E-state index contributed by atoms with van der Waals surface area (Å²) in [6.07, 6.45) is 13.5. The van der Waals surface area contributed by atoms with Gasteiger partial charge < -0.3 is 34.9 Å². The number of hydrogen-bond donors (Lipinski definition) is 4. The maximum atomic E-state index is 4.63. The van der Waals surface area contributed by atoms with E-state index < -0.39 is 0 Å². The number of aromatic nitrogens is 12. The van der Waals surface area contributed by atoms with Crippen molar-refractivity contribution in [3.63, 3.8) is 0 Å². The van der Waals surface area contributed by atoms with E-state index in [0.717, 1.165) is 115 Å². The summed E-state index contributed by atoms with van der Waals surface area (Å²) < 4.78 is 14.3. The van der Waals surface area contributed by atoms with E-state index in [1.165, 1.54) is 31.9 Å². The second-order valence-electron chi connectivity index (χ2n) is 28.5. The SMILES string of the molecule is CC(C)CNC1=NCC=C1.CC(C)CNc1ccc2ccccc2n1.CC(C)CNc1ccon1.CC(C)CNc1nc2ccccc2s1.CC(C)Cn1ccc2cccnc21.CC(C)Cn1cnc2ccccc21.CC(C)Cn1ncc2ccccc21.CC(C)Cn1nnc2ccccc21. The minimum Gasteiger partial charge on any atom is -0.370 e. The number of anilines is 3. The fourth-order valence-electron chi connectivity index (χ4n) is 10.1. The number of amidine groups is 1. The Labute approximate surface area is 603 Å². The molecular formula is C82H111N17OS. The molecule has 1 aliphatic rings. The summed E-state index contributed by atoms with van der Waals surface area (Å²) in [5, 5.41) is 33.9. The second kappa shape index (κ2) is 41.7. The Morgan fingerprint density at radius 2 is 1.01 bits per heavy atom. The molecule has 0 spiro atoms. The Balaban J connectivity index is 0.000000162. The summed E-state index contributed by atoms with van der Waals surface area (Å²) in [7, 11) is 0. The van der Waals surface area contributed by atoms with Crippen molar-refractivity contribution in [2.45, 2.75) is 137 Å². The Morgan fingerprint density at radius 3 is 1.65 bits per heavy atom. The predicted octanol–water partition coefficient (Wildman–Crippen LogP) is 19.8. The van der Waals surface area contributed by atoms with Crippen molar-refractivity contribution in [1.82, 2.24) is 64.3 Å². The first-order chi connectivity index (χ1) is 48.7. The van der Waals surface area contributed by atoms with Crippen LogP contribution in [0.5, 0.6) is 0 Å². The average molecular weight is 1380 g/mol. The quantitative estimate of drug-likeness (QED) is 0.0597. The summed E-state index contributed by atoms with van der Waals surface area (Å²) in [6, 6.07) is 53.1. The fraction of sp³-hybridized carbons (Fsp3) is 0.402. The number of aliphatic imine (C=N–C) groups is 1. The highest BCUT2D eigenvalue weighted by Gasteiger charge is 2.09. The highest BCUT2D eigenvalue weighted by atomic mass is 32.1. The van der Waals surface area contributed by atoms with E-state index in [-0.39, 0.29) is 0 Å². The Hall–Kier alpha value is -9.75. The Kier molecular flexibility index (Phi) is 32.5. The summed E-state index contributed by atoms with van der Waals surface area (Å²) >= 11 is 1.72. The Bertz CT molecular complexity index is 4130. The highest BCUT2D eigenvalue weighted by Crippen LogP contribution is 2.26. The smallest absolute Gasteiger partial charge is 0.183 e. The van der Waals surface area contributed by atoms with E-state index in [1.807, 2.05) is 120 Å². The normalized spacial score (nSPS) is 11.6. The molecule has 9 heterocycles. The van der Waals surface area contributed by atoms with Crippen LogP contribution in [0.1, 0.15) is 111 Å². The molecule has 0 amide bonds. The summed E-state index contributed by atoms with van der Waals surface area (Å²) in [4.78, 5) is 21.9. The zero-order valence-electron chi connectivity index (χ0n) is 62.7. The molecule has 0 atom stereocenters. The number of nitrogens with zero attached hydrogens (tertiary/aromatic N) is 13. The molecule has 0 bridgehead atoms. The third-order valence-electron chi connectivity index (χ3n) is 14.9. The largest absolute Gasteiger partial charge is 0.370 e. The predicted molar refractivity (Wildman–Crippen MR) is 428 cm³/mol. The zero-order valence-corrected chi connectivity index (χ0v) is 63.5. The van der Waals surface area contributed by atoms with E-state index in [4.69, 9.17) is 0 Å². The van der Waals surface area contributed by atoms with Gasteiger partial charge in [0.25, 0.3) is 0 Å². The molecule has 5 aromatic carbocycles. The molecule has 8 aromatic heterocycles. The average Bonchev–Trinajstić information content (AvgIpc) is 1.09. The van der Waals surface area contributed by atoms with Gasteiger partial charge in [-0.1, -0.05) is 211 Å². The number of para-hydroxylation sites is 6. The number of thiazole rings is 1. The molecule has 19 heteroatoms. The van der Waals surface area contributed by atoms with E-state index >= 15 is 0 Å². The van der Waals surface area contributed by atoms with Gasteiger partial charge in [0.1, 0.15) is 29.1 Å². The minimum absolute atomic E-state index is 0.602. The van der Waals surface area contributed by atoms with Gasteiger partial charge in [0.15, 0.2) is 10.9 Å². The van der Waals surface area contributed by atoms with E-state index in [2.05, 4.69) is 275 Å². The molecule has 0 saturated heterocycles. The lowest BCUT2D eigenvalue weighted by Gasteiger charge is -2.08. The highest BCUT2D eigenvalue weighted by molar-refractivity contribution is 7.22. The van der Waals surface area contributed by atoms with Crippen LogP contribution >= 0.6 is 11.3 Å². The number of hydrogen-bond acceptors (Lipinski definition) is 15. The van der Waals surface area contributed by atoms with Crippen molar-refractivity contribution in [1.29, 1.82) is 0 Å². The van der Waals surface area contributed by atoms with E-state index in [0.29, 0.717) is 47.3 Å². The van der Waals surface area contributed by atoms with Crippen LogP contribution in [0.2, 0.25) is 0 Å². The van der Waals surface area contributed by atoms with Gasteiger partial charge in [-0.25, -0.2) is 24.6 Å². The first-order valence-corrected chi connectivity index (χ1v) is 36.8. The van der Waals surface area contributed by atoms with Crippen molar-refractivity contribution in [2.75, 3.05) is 48.7 Å². The number of benzene rings is 5. The summed E-state index contributed by atoms with van der Waals surface area (Å²) in [6.45, 7) is 43.8. The lowest BCUT2D eigenvalue weighted by atomic mass is 10.2. The molecule has 536 valence electrons. The number of rotatable bonds is 19. The molecule has 0 radical (unpaired) electrons. The van der Waals surface area contributed by atoms with Gasteiger partial charge in [0.2, 0.25) is 0 Å². The van der Waals surface area contributed by atoms with Gasteiger partial charge in [-0.15, -0.1) is 5.10 Å². The molecule has 101 heavy (non-hydrogen) atoms. The number of nitrogens with one attached hydrogen (secondary N) is 4. The first kappa shape index (κ1) is 78.6. The molecule has 13 aromatic rings. The number of fused-ring (bicyclic) bond motifs is 6. The molecule has 14 rings (SSSR count). The van der Waals surface area contributed by atoms with Gasteiger partial charge in [0.05, 0.1) is 56.9 Å². The lowest BCUT2D eigenvalue weighted by Crippen LogP contribution is -2.24. The molecule has 0 fully saturated rings. The van der Waals surface area contributed by atoms with Gasteiger partial charge in [-0.05, 0) is 132 Å². The molecule has 18 nitrogen and oxygen atoms in total. The third kappa shape index (κ3) is 27.7. The topological polar surface area (TPSA) is 196 Å². The van der Waals surface area contributed by atoms with E-state index in [9.17, 15) is 0 Å². The molecule has 0 saturated carbocycles. The third-order valence-corrected chi connectivity index (χ3v) is 15.9. The minimum atomic E-state index is 0.602. The number of imidazole rings is 1. The maximum Gasteiger partial charge on any atom is 0.183 e. The van der Waals surface area contributed by atoms with Crippen LogP contribution in [-0.4, -0.2) is 97.6 Å². The Morgan fingerprint density at radius 1 is 0.446 bits per heavy atom. The van der Waals surface area contributed by atoms with Gasteiger partial charge in [-0.2, -0.15) is 5.10 Å². The standard InChI is InChI=1S/C13H16N2.C11H14N2S.3C11H14N2.C10H13N3.C8H14N2.C7H12N2O/c1-10(2)9-14-13-8-7-11-5-3-4-6-12(11)15-13;1-8(2)7-12-11-13-9-5-3-4-6-10(9)14-11;1-9(2)8-13-7-5-10-4-3-6-12-11(10)13;1-9(2)8-13-11-6-4-3-5-10(11)7-12-13;1-9(2)7-13-8-12-10-5-3-4-6-11(10)13;1-8(2)7-13-10-6-4-3-5-9(10)11-12-13;1-7(2)6-10-8-4-3-5-9-8;1-6(2)5-8-7-3-4-10-9-7/h3-8,10H,9H2,1-2H3,(H,14,15);3-6,8H,7H2,1-2H3,(H,12,13);2*3-7,9H,8H2,1-2H3;3-6,8-9H,7H2,1-2H3;3-6,8H,7H2,1-2H3;3-4,7H,5-6H2,1-2H3,(H,9,10);3-4,6H,5H2,1-2H3,(H,8,9). The van der Waals surface area contributed by atoms with Crippen molar-refractivity contribution < 1.29 is 4.52 Å². The second-order valence-corrected chi connectivity index (χ2v) is 29.5. The van der Waals surface area contributed by atoms with Crippen LogP contribution in [0.3, 0.4) is 0 Å². The monoisotopic (exact) mass is 1380 g/mol. The van der Waals surface area contributed by atoms with Crippen LogP contribution in [-0.2, 0) is 26.2 Å². The van der Waals surface area contributed by atoms with Crippen LogP contribution in [0.4, 0.5) is 16.8 Å². The zero-order chi connectivity index (χ0) is 72.5. The van der Waals surface area contributed by atoms with Crippen molar-refractivity contribution in [3.05, 3.63) is 201 Å². The van der Waals surface area contributed by atoms with Gasteiger partial charge in [0, 0.05) is 87.0 Å². The fourth-order valence-corrected chi connectivity index (χ4v) is 11.0. The van der Waals surface area contributed by atoms with Gasteiger partial charge in [-0.3, -0.25) is 9.67 Å². The maximum absolute atomic E-state index is 4.63. The van der Waals surface area contributed by atoms with Crippen LogP contribution < -0.4 is 21.3 Å². The number of pyridine rings is 2. The summed E-state index contributed by atoms with van der Waals surface area (Å²) in [5.74, 6) is 8.00. The lowest BCUT2D eigenvalue weighted by molar-refractivity contribution is 0.422. The molecule has 4 N–H and O–H groups in total. The van der Waals surface area contributed by atoms with Crippen molar-refractivity contribution in [2.24, 2.45) is 52.3 Å².